The summed E-state index contributed by atoms with van der Waals surface area (Å²) in [5.41, 5.74) is 2.62. The Morgan fingerprint density at radius 1 is 0.960 bits per heavy atom. The smallest absolute Gasteiger partial charge is 0.339 e. The molecule has 0 amide bonds. The van der Waals surface area contributed by atoms with E-state index in [9.17, 15) is 15.0 Å². The lowest BCUT2D eigenvalue weighted by Crippen LogP contribution is -2.15. The maximum atomic E-state index is 11.8. The number of benzene rings is 3. The predicted octanol–water partition coefficient (Wildman–Crippen LogP) is 5.52. The van der Waals surface area contributed by atoms with Crippen LogP contribution in [-0.4, -0.2) is 16.2 Å². The highest BCUT2D eigenvalue weighted by atomic mass is 16.4. The van der Waals surface area contributed by atoms with Crippen LogP contribution in [0.4, 0.5) is 0 Å². The van der Waals surface area contributed by atoms with E-state index < -0.39 is 5.97 Å². The van der Waals surface area contributed by atoms with Crippen molar-refractivity contribution in [3.63, 3.8) is 0 Å². The number of rotatable bonds is 2. The molecule has 3 aromatic rings. The largest absolute Gasteiger partial charge is 0.507 e. The number of carboxylic acids is 1. The quantitative estimate of drug-likeness (QED) is 0.649. The molecule has 2 N–H and O–H groups in total. The second-order valence-corrected chi connectivity index (χ2v) is 7.44. The normalized spacial score (nSPS) is 11.7. The van der Waals surface area contributed by atoms with Gasteiger partial charge in [-0.05, 0) is 51.9 Å². The van der Waals surface area contributed by atoms with Gasteiger partial charge in [-0.2, -0.15) is 0 Å². The van der Waals surface area contributed by atoms with Crippen molar-refractivity contribution in [2.24, 2.45) is 0 Å². The number of carboxylic acid groups (broad SMARTS) is 1. The molecule has 0 unspecified atom stereocenters. The molecule has 0 aliphatic heterocycles. The molecule has 0 atom stereocenters. The van der Waals surface area contributed by atoms with Gasteiger partial charge in [-0.25, -0.2) is 4.79 Å². The van der Waals surface area contributed by atoms with E-state index >= 15 is 0 Å². The molecule has 0 radical (unpaired) electrons. The van der Waals surface area contributed by atoms with E-state index in [1.165, 1.54) is 0 Å². The summed E-state index contributed by atoms with van der Waals surface area (Å²) in [4.78, 5) is 11.8. The fourth-order valence-corrected chi connectivity index (χ4v) is 3.26. The molecule has 0 heterocycles. The minimum atomic E-state index is -1.11. The molecule has 0 aliphatic rings. The van der Waals surface area contributed by atoms with Crippen LogP contribution in [0.5, 0.6) is 5.75 Å². The van der Waals surface area contributed by atoms with Gasteiger partial charge in [0.05, 0.1) is 0 Å². The van der Waals surface area contributed by atoms with Crippen molar-refractivity contribution in [3.8, 4) is 16.9 Å². The molecule has 0 aliphatic carbocycles. The van der Waals surface area contributed by atoms with Crippen molar-refractivity contribution >= 4 is 16.7 Å². The Bertz CT molecular complexity index is 978. The molecule has 3 nitrogen and oxygen atoms in total. The molecule has 3 aromatic carbocycles. The van der Waals surface area contributed by atoms with Crippen LogP contribution < -0.4 is 0 Å². The van der Waals surface area contributed by atoms with Crippen molar-refractivity contribution in [2.75, 3.05) is 0 Å². The average molecular weight is 334 g/mol. The molecule has 128 valence electrons. The third-order valence-electron chi connectivity index (χ3n) is 4.64. The van der Waals surface area contributed by atoms with Crippen LogP contribution in [0.2, 0.25) is 0 Å². The van der Waals surface area contributed by atoms with Gasteiger partial charge in [-0.15, -0.1) is 0 Å². The zero-order valence-electron chi connectivity index (χ0n) is 14.9. The summed E-state index contributed by atoms with van der Waals surface area (Å²) < 4.78 is 0. The van der Waals surface area contributed by atoms with Crippen LogP contribution in [0.15, 0.2) is 48.5 Å². The first-order valence-corrected chi connectivity index (χ1v) is 8.29. The number of aromatic carboxylic acids is 1. The van der Waals surface area contributed by atoms with Crippen molar-refractivity contribution in [2.45, 2.75) is 33.1 Å². The van der Waals surface area contributed by atoms with E-state index in [0.29, 0.717) is 11.1 Å². The second-order valence-electron chi connectivity index (χ2n) is 7.44. The van der Waals surface area contributed by atoms with Gasteiger partial charge >= 0.3 is 5.97 Å². The Balaban J connectivity index is 2.34. The van der Waals surface area contributed by atoms with Gasteiger partial charge in [0.15, 0.2) is 0 Å². The molecule has 0 saturated carbocycles. The van der Waals surface area contributed by atoms with E-state index in [-0.39, 0.29) is 16.7 Å². The first-order valence-electron chi connectivity index (χ1n) is 8.29. The van der Waals surface area contributed by atoms with Crippen LogP contribution in [0.3, 0.4) is 0 Å². The third kappa shape index (κ3) is 2.98. The number of fused-ring (bicyclic) bond motifs is 1. The topological polar surface area (TPSA) is 57.5 Å². The van der Waals surface area contributed by atoms with Gasteiger partial charge in [0.25, 0.3) is 0 Å². The van der Waals surface area contributed by atoms with E-state index in [4.69, 9.17) is 0 Å². The summed E-state index contributed by atoms with van der Waals surface area (Å²) in [5, 5.41) is 22.4. The molecule has 25 heavy (non-hydrogen) atoms. The van der Waals surface area contributed by atoms with Gasteiger partial charge in [0.1, 0.15) is 11.3 Å². The average Bonchev–Trinajstić information content (AvgIpc) is 2.53. The Morgan fingerprint density at radius 3 is 2.20 bits per heavy atom. The van der Waals surface area contributed by atoms with Crippen LogP contribution in [0.1, 0.15) is 42.3 Å². The Morgan fingerprint density at radius 2 is 1.60 bits per heavy atom. The van der Waals surface area contributed by atoms with Gasteiger partial charge in [-0.3, -0.25) is 0 Å². The maximum absolute atomic E-state index is 11.8. The summed E-state index contributed by atoms with van der Waals surface area (Å²) in [6.45, 7) is 7.65. The standard InChI is InChI=1S/C22H22O3/c1-13-17(16-10-9-14-7-5-6-8-15(14)11-16)12-18(22(2,3)4)20(23)19(13)21(24)25/h5-12,23H,1-4H3,(H,24,25). The molecular formula is C22H22O3. The fourth-order valence-electron chi connectivity index (χ4n) is 3.26. The zero-order chi connectivity index (χ0) is 18.4. The van der Waals surface area contributed by atoms with E-state index in [1.807, 2.05) is 63.2 Å². The highest BCUT2D eigenvalue weighted by molar-refractivity contribution is 5.97. The number of hydrogen-bond donors (Lipinski definition) is 2. The van der Waals surface area contributed by atoms with Crippen LogP contribution in [0, 0.1) is 6.92 Å². The Kier molecular flexibility index (Phi) is 4.03. The lowest BCUT2D eigenvalue weighted by molar-refractivity contribution is 0.0692. The second kappa shape index (κ2) is 5.92. The summed E-state index contributed by atoms with van der Waals surface area (Å²) in [5.74, 6) is -1.25. The molecule has 0 aromatic heterocycles. The Hall–Kier alpha value is -2.81. The van der Waals surface area contributed by atoms with E-state index in [1.54, 1.807) is 6.92 Å². The fraction of sp³-hybridized carbons (Fsp3) is 0.227. The van der Waals surface area contributed by atoms with Crippen molar-refractivity contribution in [1.29, 1.82) is 0 Å². The van der Waals surface area contributed by atoms with Crippen molar-refractivity contribution < 1.29 is 15.0 Å². The van der Waals surface area contributed by atoms with E-state index in [0.717, 1.165) is 21.9 Å². The van der Waals surface area contributed by atoms with Crippen LogP contribution >= 0.6 is 0 Å². The maximum Gasteiger partial charge on any atom is 0.339 e. The minimum Gasteiger partial charge on any atom is -0.507 e. The number of carbonyl (C=O) groups is 1. The lowest BCUT2D eigenvalue weighted by Gasteiger charge is -2.24. The zero-order valence-corrected chi connectivity index (χ0v) is 14.9. The summed E-state index contributed by atoms with van der Waals surface area (Å²) in [6, 6.07) is 16.1. The molecule has 0 saturated heterocycles. The first kappa shape index (κ1) is 17.0. The van der Waals surface area contributed by atoms with Crippen LogP contribution in [-0.2, 0) is 5.41 Å². The number of aromatic hydroxyl groups is 1. The van der Waals surface area contributed by atoms with Gasteiger partial charge in [0, 0.05) is 5.56 Å². The number of hydrogen-bond acceptors (Lipinski definition) is 2. The highest BCUT2D eigenvalue weighted by Gasteiger charge is 2.26. The molecule has 3 rings (SSSR count). The SMILES string of the molecule is Cc1c(-c2ccc3ccccc3c2)cc(C(C)(C)C)c(O)c1C(=O)O. The minimum absolute atomic E-state index is 0.0180. The highest BCUT2D eigenvalue weighted by Crippen LogP contribution is 2.40. The first-order chi connectivity index (χ1) is 11.7. The number of phenols is 1. The third-order valence-corrected chi connectivity index (χ3v) is 4.64. The van der Waals surface area contributed by atoms with Crippen molar-refractivity contribution in [3.05, 3.63) is 65.2 Å². The van der Waals surface area contributed by atoms with Gasteiger partial charge in [-0.1, -0.05) is 57.2 Å². The molecule has 0 bridgehead atoms. The summed E-state index contributed by atoms with van der Waals surface area (Å²) in [6.07, 6.45) is 0. The molecule has 0 spiro atoms. The monoisotopic (exact) mass is 334 g/mol. The van der Waals surface area contributed by atoms with Crippen molar-refractivity contribution in [1.82, 2.24) is 0 Å². The summed E-state index contributed by atoms with van der Waals surface area (Å²) >= 11 is 0. The predicted molar refractivity (Wildman–Crippen MR) is 101 cm³/mol. The molecular weight excluding hydrogens is 312 g/mol. The molecule has 3 heteroatoms. The summed E-state index contributed by atoms with van der Waals surface area (Å²) in [7, 11) is 0. The van der Waals surface area contributed by atoms with Gasteiger partial charge in [0.2, 0.25) is 0 Å². The molecule has 0 fully saturated rings. The van der Waals surface area contributed by atoms with Crippen LogP contribution in [0.25, 0.3) is 21.9 Å². The lowest BCUT2D eigenvalue weighted by atomic mass is 9.81. The van der Waals surface area contributed by atoms with Gasteiger partial charge < -0.3 is 10.2 Å². The Labute approximate surface area is 147 Å². The van der Waals surface area contributed by atoms with E-state index in [2.05, 4.69) is 6.07 Å².